The van der Waals surface area contributed by atoms with Gasteiger partial charge in [-0.15, -0.1) is 12.6 Å². The Hall–Kier alpha value is -3.12. The number of carbonyl (C=O) groups excluding carboxylic acids is 2. The van der Waals surface area contributed by atoms with Crippen LogP contribution in [0.15, 0.2) is 84.0 Å². The van der Waals surface area contributed by atoms with Crippen molar-refractivity contribution in [3.8, 4) is 5.75 Å². The number of benzene rings is 2. The Kier molecular flexibility index (Phi) is 7.13. The fourth-order valence-corrected chi connectivity index (χ4v) is 3.87. The normalized spacial score (nSPS) is 15.3. The third-order valence-electron chi connectivity index (χ3n) is 5.26. The van der Waals surface area contributed by atoms with Gasteiger partial charge in [0.2, 0.25) is 5.12 Å². The van der Waals surface area contributed by atoms with Crippen molar-refractivity contribution in [1.29, 1.82) is 0 Å². The standard InChI is InChI=1S/C25H24FNO3S/c1-4-16(3)22-18(5-2)14-27(24(22)28)23(25(29)31)20-13-19(26)11-12-21(20)30-15-17-9-7-6-8-10-17/h4-13,23H,2,14-15H2,1,3H3,(H,29,31)/b16-4-. The lowest BCUT2D eigenvalue weighted by molar-refractivity contribution is -0.132. The number of allylic oxidation sites excluding steroid dienone is 1. The molecule has 2 aromatic carbocycles. The van der Waals surface area contributed by atoms with Crippen molar-refractivity contribution in [1.82, 2.24) is 4.90 Å². The molecule has 4 nitrogen and oxygen atoms in total. The number of hydrogen-bond donors (Lipinski definition) is 1. The Morgan fingerprint density at radius 1 is 1.29 bits per heavy atom. The van der Waals surface area contributed by atoms with E-state index in [9.17, 15) is 14.0 Å². The number of thiol groups is 1. The van der Waals surface area contributed by atoms with Crippen LogP contribution < -0.4 is 4.74 Å². The van der Waals surface area contributed by atoms with Crippen LogP contribution in [0.25, 0.3) is 0 Å². The fourth-order valence-electron chi connectivity index (χ4n) is 3.59. The van der Waals surface area contributed by atoms with Crippen molar-refractivity contribution < 1.29 is 18.7 Å². The smallest absolute Gasteiger partial charge is 0.255 e. The van der Waals surface area contributed by atoms with Gasteiger partial charge in [0, 0.05) is 17.7 Å². The maximum absolute atomic E-state index is 14.2. The molecule has 6 heteroatoms. The lowest BCUT2D eigenvalue weighted by atomic mass is 10.0. The molecule has 0 N–H and O–H groups in total. The zero-order valence-electron chi connectivity index (χ0n) is 17.5. The Morgan fingerprint density at radius 2 is 2.00 bits per heavy atom. The lowest BCUT2D eigenvalue weighted by Crippen LogP contribution is -2.35. The summed E-state index contributed by atoms with van der Waals surface area (Å²) in [5, 5.41) is -0.577. The Morgan fingerprint density at radius 3 is 2.61 bits per heavy atom. The highest BCUT2D eigenvalue weighted by Crippen LogP contribution is 2.38. The molecule has 0 aromatic heterocycles. The van der Waals surface area contributed by atoms with Crippen LogP contribution in [0.4, 0.5) is 4.39 Å². The van der Waals surface area contributed by atoms with Crippen molar-refractivity contribution in [3.63, 3.8) is 0 Å². The van der Waals surface area contributed by atoms with Gasteiger partial charge in [-0.1, -0.05) is 49.1 Å². The van der Waals surface area contributed by atoms with Gasteiger partial charge in [0.05, 0.1) is 0 Å². The second-order valence-electron chi connectivity index (χ2n) is 7.21. The summed E-state index contributed by atoms with van der Waals surface area (Å²) in [6.07, 6.45) is 3.44. The molecule has 0 saturated heterocycles. The molecule has 0 bridgehead atoms. The molecule has 0 saturated carbocycles. The number of nitrogens with zero attached hydrogens (tertiary/aromatic N) is 1. The fraction of sp³-hybridized carbons (Fsp3) is 0.200. The van der Waals surface area contributed by atoms with Crippen LogP contribution in [0.2, 0.25) is 0 Å². The van der Waals surface area contributed by atoms with Gasteiger partial charge in [-0.05, 0) is 48.8 Å². The van der Waals surface area contributed by atoms with Crippen molar-refractivity contribution >= 4 is 23.7 Å². The molecular weight excluding hydrogens is 413 g/mol. The monoisotopic (exact) mass is 437 g/mol. The molecule has 1 aliphatic rings. The summed E-state index contributed by atoms with van der Waals surface area (Å²) >= 11 is 4.03. The van der Waals surface area contributed by atoms with Crippen molar-refractivity contribution in [2.75, 3.05) is 6.54 Å². The van der Waals surface area contributed by atoms with Gasteiger partial charge in [-0.2, -0.15) is 0 Å². The molecule has 1 heterocycles. The van der Waals surface area contributed by atoms with Crippen LogP contribution in [0.1, 0.15) is 31.0 Å². The molecule has 1 amide bonds. The van der Waals surface area contributed by atoms with Gasteiger partial charge in [-0.25, -0.2) is 4.39 Å². The molecule has 0 spiro atoms. The predicted molar refractivity (Wildman–Crippen MR) is 122 cm³/mol. The summed E-state index contributed by atoms with van der Waals surface area (Å²) in [5.41, 5.74) is 3.17. The van der Waals surface area contributed by atoms with E-state index in [0.29, 0.717) is 16.9 Å². The highest BCUT2D eigenvalue weighted by Gasteiger charge is 2.39. The number of rotatable bonds is 8. The first-order valence-electron chi connectivity index (χ1n) is 9.86. The van der Waals surface area contributed by atoms with Crippen LogP contribution in [0, 0.1) is 5.82 Å². The number of halogens is 1. The molecular formula is C25H24FNO3S. The minimum atomic E-state index is -1.10. The van der Waals surface area contributed by atoms with Gasteiger partial charge in [-0.3, -0.25) is 9.59 Å². The van der Waals surface area contributed by atoms with Crippen LogP contribution in [0.5, 0.6) is 5.75 Å². The van der Waals surface area contributed by atoms with Crippen LogP contribution in [0.3, 0.4) is 0 Å². The van der Waals surface area contributed by atoms with Crippen LogP contribution >= 0.6 is 12.6 Å². The van der Waals surface area contributed by atoms with Crippen LogP contribution in [-0.2, 0) is 16.2 Å². The van der Waals surface area contributed by atoms with Gasteiger partial charge >= 0.3 is 0 Å². The van der Waals surface area contributed by atoms with Gasteiger partial charge < -0.3 is 9.64 Å². The Balaban J connectivity index is 1.99. The lowest BCUT2D eigenvalue weighted by Gasteiger charge is -2.28. The Labute approximate surface area is 187 Å². The minimum Gasteiger partial charge on any atom is -0.489 e. The van der Waals surface area contributed by atoms with E-state index in [1.165, 1.54) is 23.1 Å². The second kappa shape index (κ2) is 9.79. The molecule has 2 aromatic rings. The molecule has 31 heavy (non-hydrogen) atoms. The predicted octanol–water partition coefficient (Wildman–Crippen LogP) is 5.19. The van der Waals surface area contributed by atoms with E-state index in [4.69, 9.17) is 4.74 Å². The molecule has 0 aliphatic carbocycles. The average Bonchev–Trinajstić information content (AvgIpc) is 3.09. The summed E-state index contributed by atoms with van der Waals surface area (Å²) in [6, 6.07) is 12.3. The molecule has 0 radical (unpaired) electrons. The number of hydrogen-bond acceptors (Lipinski definition) is 3. The first kappa shape index (κ1) is 22.6. The summed E-state index contributed by atoms with van der Waals surface area (Å²) in [7, 11) is 0. The SMILES string of the molecule is C=CC1=C(/C(C)=C\C)C(=O)N(C(C(=O)S)c2cc(F)ccc2OCc2ccccc2)C1. The van der Waals surface area contributed by atoms with Crippen molar-refractivity contribution in [2.45, 2.75) is 26.5 Å². The highest BCUT2D eigenvalue weighted by atomic mass is 32.1. The van der Waals surface area contributed by atoms with E-state index in [2.05, 4.69) is 19.2 Å². The molecule has 1 unspecified atom stereocenters. The van der Waals surface area contributed by atoms with E-state index in [1.807, 2.05) is 50.3 Å². The van der Waals surface area contributed by atoms with E-state index in [0.717, 1.165) is 11.1 Å². The second-order valence-corrected chi connectivity index (χ2v) is 7.65. The van der Waals surface area contributed by atoms with E-state index >= 15 is 0 Å². The van der Waals surface area contributed by atoms with Crippen LogP contribution in [-0.4, -0.2) is 22.5 Å². The molecule has 1 aliphatic heterocycles. The summed E-state index contributed by atoms with van der Waals surface area (Å²) in [5.74, 6) is -0.534. The van der Waals surface area contributed by atoms with Crippen molar-refractivity contribution in [3.05, 3.63) is 101 Å². The summed E-state index contributed by atoms with van der Waals surface area (Å²) in [4.78, 5) is 27.2. The summed E-state index contributed by atoms with van der Waals surface area (Å²) < 4.78 is 20.1. The number of ether oxygens (including phenoxy) is 1. The summed E-state index contributed by atoms with van der Waals surface area (Å²) in [6.45, 7) is 7.87. The van der Waals surface area contributed by atoms with E-state index in [-0.39, 0.29) is 24.6 Å². The van der Waals surface area contributed by atoms with E-state index in [1.54, 1.807) is 6.08 Å². The van der Waals surface area contributed by atoms with Crippen molar-refractivity contribution in [2.24, 2.45) is 0 Å². The zero-order chi connectivity index (χ0) is 22.5. The third-order valence-corrected chi connectivity index (χ3v) is 5.50. The molecule has 160 valence electrons. The van der Waals surface area contributed by atoms with E-state index < -0.39 is 17.0 Å². The number of carbonyl (C=O) groups is 2. The third kappa shape index (κ3) is 4.80. The maximum atomic E-state index is 14.2. The number of amides is 1. The molecule has 3 rings (SSSR count). The van der Waals surface area contributed by atoms with Gasteiger partial charge in [0.25, 0.3) is 5.91 Å². The Bertz CT molecular complexity index is 1080. The molecule has 0 fully saturated rings. The topological polar surface area (TPSA) is 46.6 Å². The first-order valence-corrected chi connectivity index (χ1v) is 10.3. The quantitative estimate of drug-likeness (QED) is 0.578. The largest absolute Gasteiger partial charge is 0.489 e. The van der Waals surface area contributed by atoms with Gasteiger partial charge in [0.15, 0.2) is 0 Å². The highest BCUT2D eigenvalue weighted by molar-refractivity contribution is 7.96. The average molecular weight is 438 g/mol. The van der Waals surface area contributed by atoms with Gasteiger partial charge in [0.1, 0.15) is 24.2 Å². The first-order chi connectivity index (χ1) is 14.9. The maximum Gasteiger partial charge on any atom is 0.255 e. The molecule has 1 atom stereocenters. The zero-order valence-corrected chi connectivity index (χ0v) is 18.4. The minimum absolute atomic E-state index is 0.175.